The van der Waals surface area contributed by atoms with Crippen LogP contribution in [0.2, 0.25) is 0 Å². The van der Waals surface area contributed by atoms with Crippen LogP contribution in [0.1, 0.15) is 29.8 Å². The van der Waals surface area contributed by atoms with Crippen molar-refractivity contribution in [2.24, 2.45) is 5.92 Å². The number of methoxy groups -OCH3 is 2. The van der Waals surface area contributed by atoms with Crippen LogP contribution in [0, 0.1) is 5.92 Å². The molecule has 0 saturated heterocycles. The fraction of sp³-hybridized carbons (Fsp3) is 0.364. The van der Waals surface area contributed by atoms with Crippen molar-refractivity contribution >= 4 is 11.8 Å². The van der Waals surface area contributed by atoms with Gasteiger partial charge >= 0.3 is 6.61 Å². The van der Waals surface area contributed by atoms with Crippen molar-refractivity contribution in [1.29, 1.82) is 0 Å². The monoisotopic (exact) mass is 436 g/mol. The molecule has 2 N–H and O–H groups in total. The number of alkyl halides is 2. The van der Waals surface area contributed by atoms with Crippen LogP contribution in [0.15, 0.2) is 42.5 Å². The zero-order chi connectivity index (χ0) is 23.0. The molecule has 0 saturated carbocycles. The molecule has 0 heterocycles. The van der Waals surface area contributed by atoms with Gasteiger partial charge in [0.1, 0.15) is 23.3 Å². The summed E-state index contributed by atoms with van der Waals surface area (Å²) < 4.78 is 40.0. The summed E-state index contributed by atoms with van der Waals surface area (Å²) in [5.74, 6) is -0.315. The Morgan fingerprint density at radius 2 is 1.61 bits per heavy atom. The van der Waals surface area contributed by atoms with Gasteiger partial charge in [0.25, 0.3) is 5.91 Å². The number of benzene rings is 2. The third-order valence-corrected chi connectivity index (χ3v) is 4.49. The molecule has 0 aromatic heterocycles. The predicted molar refractivity (Wildman–Crippen MR) is 111 cm³/mol. The maximum atomic E-state index is 12.7. The van der Waals surface area contributed by atoms with Crippen molar-refractivity contribution in [2.75, 3.05) is 14.2 Å². The van der Waals surface area contributed by atoms with Crippen LogP contribution in [-0.4, -0.2) is 38.7 Å². The first-order chi connectivity index (χ1) is 14.7. The third kappa shape index (κ3) is 6.84. The molecule has 0 aliphatic heterocycles. The predicted octanol–water partition coefficient (Wildman–Crippen LogP) is 3.38. The highest BCUT2D eigenvalue weighted by molar-refractivity contribution is 5.98. The summed E-state index contributed by atoms with van der Waals surface area (Å²) in [6, 6.07) is 10.0. The van der Waals surface area contributed by atoms with E-state index in [1.807, 2.05) is 0 Å². The minimum absolute atomic E-state index is 0.0218. The lowest BCUT2D eigenvalue weighted by atomic mass is 10.0. The Labute approximate surface area is 179 Å². The zero-order valence-electron chi connectivity index (χ0n) is 17.8. The summed E-state index contributed by atoms with van der Waals surface area (Å²) in [6.45, 7) is 0.558. The van der Waals surface area contributed by atoms with Gasteiger partial charge in [-0.2, -0.15) is 8.78 Å². The van der Waals surface area contributed by atoms with E-state index in [0.29, 0.717) is 17.1 Å². The van der Waals surface area contributed by atoms with E-state index in [4.69, 9.17) is 9.47 Å². The lowest BCUT2D eigenvalue weighted by Gasteiger charge is -2.22. The Morgan fingerprint density at radius 1 is 1.00 bits per heavy atom. The number of para-hydroxylation sites is 1. The number of amides is 2. The van der Waals surface area contributed by atoms with Gasteiger partial charge in [0, 0.05) is 23.7 Å². The normalized spacial score (nSPS) is 11.7. The van der Waals surface area contributed by atoms with Gasteiger partial charge < -0.3 is 24.8 Å². The number of halogens is 2. The number of hydrogen-bond acceptors (Lipinski definition) is 5. The van der Waals surface area contributed by atoms with Crippen LogP contribution in [0.3, 0.4) is 0 Å². The molecule has 9 heteroatoms. The molecule has 168 valence electrons. The summed E-state index contributed by atoms with van der Waals surface area (Å²) >= 11 is 0. The average Bonchev–Trinajstić information content (AvgIpc) is 2.75. The average molecular weight is 436 g/mol. The Kier molecular flexibility index (Phi) is 8.60. The van der Waals surface area contributed by atoms with Gasteiger partial charge in [-0.1, -0.05) is 32.0 Å². The highest BCUT2D eigenvalue weighted by Crippen LogP contribution is 2.23. The van der Waals surface area contributed by atoms with Crippen molar-refractivity contribution in [3.63, 3.8) is 0 Å². The molecule has 2 aromatic carbocycles. The van der Waals surface area contributed by atoms with E-state index in [9.17, 15) is 18.4 Å². The zero-order valence-corrected chi connectivity index (χ0v) is 17.8. The van der Waals surface area contributed by atoms with E-state index < -0.39 is 24.5 Å². The summed E-state index contributed by atoms with van der Waals surface area (Å²) in [5, 5.41) is 5.37. The van der Waals surface area contributed by atoms with E-state index in [1.54, 1.807) is 38.1 Å². The molecule has 0 aliphatic carbocycles. The van der Waals surface area contributed by atoms with Crippen LogP contribution in [-0.2, 0) is 11.3 Å². The second-order valence-corrected chi connectivity index (χ2v) is 7.00. The molecule has 2 rings (SSSR count). The SMILES string of the molecule is COc1cc(OC)cc(C(=O)NC(C(=O)NCc2ccccc2OC(F)F)C(C)C)c1. The third-order valence-electron chi connectivity index (χ3n) is 4.49. The molecule has 31 heavy (non-hydrogen) atoms. The van der Waals surface area contributed by atoms with Crippen LogP contribution in [0.25, 0.3) is 0 Å². The van der Waals surface area contributed by atoms with Crippen LogP contribution in [0.4, 0.5) is 8.78 Å². The topological polar surface area (TPSA) is 85.9 Å². The quantitative estimate of drug-likeness (QED) is 0.597. The Hall–Kier alpha value is -3.36. The summed E-state index contributed by atoms with van der Waals surface area (Å²) in [4.78, 5) is 25.5. The number of carbonyl (C=O) groups is 2. The fourth-order valence-electron chi connectivity index (χ4n) is 2.85. The van der Waals surface area contributed by atoms with E-state index in [1.165, 1.54) is 32.4 Å². The summed E-state index contributed by atoms with van der Waals surface area (Å²) in [5.41, 5.74) is 0.660. The summed E-state index contributed by atoms with van der Waals surface area (Å²) in [6.07, 6.45) is 0. The number of hydrogen-bond donors (Lipinski definition) is 2. The minimum Gasteiger partial charge on any atom is -0.497 e. The molecule has 0 spiro atoms. The van der Waals surface area contributed by atoms with Gasteiger partial charge in [0.05, 0.1) is 14.2 Å². The van der Waals surface area contributed by atoms with Gasteiger partial charge in [0.2, 0.25) is 5.91 Å². The standard InChI is InChI=1S/C22H26F2N2O5/c1-13(2)19(26-20(27)15-9-16(29-3)11-17(10-15)30-4)21(28)25-12-14-7-5-6-8-18(14)31-22(23)24/h5-11,13,19,22H,12H2,1-4H3,(H,25,28)(H,26,27). The number of nitrogens with one attached hydrogen (secondary N) is 2. The van der Waals surface area contributed by atoms with Crippen molar-refractivity contribution in [2.45, 2.75) is 33.0 Å². The molecule has 2 aromatic rings. The Morgan fingerprint density at radius 3 is 2.16 bits per heavy atom. The van der Waals surface area contributed by atoms with Crippen LogP contribution in [0.5, 0.6) is 17.2 Å². The van der Waals surface area contributed by atoms with Gasteiger partial charge in [-0.05, 0) is 24.1 Å². The first-order valence-corrected chi connectivity index (χ1v) is 9.59. The molecule has 0 radical (unpaired) electrons. The second-order valence-electron chi connectivity index (χ2n) is 7.00. The molecule has 0 fully saturated rings. The van der Waals surface area contributed by atoms with Crippen molar-refractivity contribution in [1.82, 2.24) is 10.6 Å². The smallest absolute Gasteiger partial charge is 0.387 e. The molecule has 7 nitrogen and oxygen atoms in total. The van der Waals surface area contributed by atoms with Crippen LogP contribution >= 0.6 is 0 Å². The largest absolute Gasteiger partial charge is 0.497 e. The van der Waals surface area contributed by atoms with Gasteiger partial charge in [-0.3, -0.25) is 9.59 Å². The molecular formula is C22H26F2N2O5. The molecular weight excluding hydrogens is 410 g/mol. The maximum absolute atomic E-state index is 12.7. The molecule has 0 bridgehead atoms. The molecule has 2 amide bonds. The molecule has 0 aliphatic rings. The lowest BCUT2D eigenvalue weighted by Crippen LogP contribution is -2.49. The molecule has 1 atom stereocenters. The molecule has 1 unspecified atom stereocenters. The Balaban J connectivity index is 2.11. The number of ether oxygens (including phenoxy) is 3. The number of rotatable bonds is 10. The van der Waals surface area contributed by atoms with Crippen LogP contribution < -0.4 is 24.8 Å². The number of carbonyl (C=O) groups excluding carboxylic acids is 2. The van der Waals surface area contributed by atoms with Gasteiger partial charge in [-0.15, -0.1) is 0 Å². The van der Waals surface area contributed by atoms with E-state index >= 15 is 0 Å². The van der Waals surface area contributed by atoms with E-state index in [-0.39, 0.29) is 23.8 Å². The van der Waals surface area contributed by atoms with Gasteiger partial charge in [0.15, 0.2) is 0 Å². The maximum Gasteiger partial charge on any atom is 0.387 e. The van der Waals surface area contributed by atoms with Gasteiger partial charge in [-0.25, -0.2) is 0 Å². The first kappa shape index (κ1) is 23.9. The highest BCUT2D eigenvalue weighted by atomic mass is 19.3. The first-order valence-electron chi connectivity index (χ1n) is 9.59. The lowest BCUT2D eigenvalue weighted by molar-refractivity contribution is -0.124. The Bertz CT molecular complexity index is 883. The van der Waals surface area contributed by atoms with Crippen molar-refractivity contribution < 1.29 is 32.6 Å². The summed E-state index contributed by atoms with van der Waals surface area (Å²) in [7, 11) is 2.94. The fourth-order valence-corrected chi connectivity index (χ4v) is 2.85. The van der Waals surface area contributed by atoms with E-state index in [2.05, 4.69) is 15.4 Å². The highest BCUT2D eigenvalue weighted by Gasteiger charge is 2.25. The van der Waals surface area contributed by atoms with Crippen molar-refractivity contribution in [3.05, 3.63) is 53.6 Å². The van der Waals surface area contributed by atoms with E-state index in [0.717, 1.165) is 0 Å². The minimum atomic E-state index is -2.97. The van der Waals surface area contributed by atoms with Crippen molar-refractivity contribution in [3.8, 4) is 17.2 Å². The second kappa shape index (κ2) is 11.1.